The van der Waals surface area contributed by atoms with Crippen molar-refractivity contribution in [3.8, 4) is 0 Å². The maximum Gasteiger partial charge on any atom is 0.297 e. The molecule has 11 heteroatoms. The van der Waals surface area contributed by atoms with Crippen molar-refractivity contribution in [1.29, 1.82) is 0 Å². The van der Waals surface area contributed by atoms with E-state index < -0.39 is 17.9 Å². The van der Waals surface area contributed by atoms with Crippen LogP contribution in [0.4, 0.5) is 20.4 Å². The summed E-state index contributed by atoms with van der Waals surface area (Å²) in [4.78, 5) is 20.4. The number of anilines is 2. The van der Waals surface area contributed by atoms with Crippen molar-refractivity contribution in [1.82, 2.24) is 25.2 Å². The van der Waals surface area contributed by atoms with E-state index in [4.69, 9.17) is 14.5 Å². The lowest BCUT2D eigenvalue weighted by atomic mass is 9.79. The summed E-state index contributed by atoms with van der Waals surface area (Å²) in [6.07, 6.45) is 1.67. The molecule has 0 amide bonds. The number of hydrogen-bond donors (Lipinski definition) is 1. The van der Waals surface area contributed by atoms with E-state index in [0.717, 1.165) is 57.7 Å². The lowest BCUT2D eigenvalue weighted by Gasteiger charge is -2.53. The number of rotatable bonds is 7. The topological polar surface area (TPSA) is 78.9 Å². The van der Waals surface area contributed by atoms with Gasteiger partial charge in [0.15, 0.2) is 5.82 Å². The molecular formula is C30H43F2N7O2. The molecule has 0 saturated carbocycles. The number of ether oxygens (including phenoxy) is 2. The Hall–Kier alpha value is -2.47. The first-order valence-corrected chi connectivity index (χ1v) is 15.1. The first-order chi connectivity index (χ1) is 19.8. The lowest BCUT2D eigenvalue weighted by molar-refractivity contribution is -0.0257. The Balaban J connectivity index is 1.23. The maximum absolute atomic E-state index is 14.0. The number of pyridine rings is 1. The number of halogens is 2. The highest BCUT2D eigenvalue weighted by Gasteiger charge is 2.43. The van der Waals surface area contributed by atoms with Crippen molar-refractivity contribution < 1.29 is 18.3 Å². The fourth-order valence-electron chi connectivity index (χ4n) is 7.37. The van der Waals surface area contributed by atoms with Crippen LogP contribution >= 0.6 is 0 Å². The third kappa shape index (κ3) is 5.30. The summed E-state index contributed by atoms with van der Waals surface area (Å²) in [5, 5.41) is 3.40. The molecule has 2 aromatic heterocycles. The minimum absolute atomic E-state index is 0.107. The molecule has 0 unspecified atom stereocenters. The number of aromatic nitrogens is 3. The van der Waals surface area contributed by atoms with Crippen LogP contribution in [0, 0.1) is 6.92 Å². The van der Waals surface area contributed by atoms with Crippen LogP contribution in [-0.2, 0) is 15.1 Å². The smallest absolute Gasteiger partial charge is 0.297 e. The van der Waals surface area contributed by atoms with E-state index in [1.807, 2.05) is 12.3 Å². The Bertz CT molecular complexity index is 1220. The Kier molecular flexibility index (Phi) is 8.15. The van der Waals surface area contributed by atoms with Crippen LogP contribution in [0.5, 0.6) is 0 Å². The predicted octanol–water partition coefficient (Wildman–Crippen LogP) is 3.63. The van der Waals surface area contributed by atoms with Gasteiger partial charge in [-0.25, -0.2) is 18.7 Å². The van der Waals surface area contributed by atoms with Crippen molar-refractivity contribution >= 4 is 11.6 Å². The molecule has 9 nitrogen and oxygen atoms in total. The molecule has 0 aliphatic carbocycles. The number of piperidine rings is 1. The summed E-state index contributed by atoms with van der Waals surface area (Å²) in [5.74, 6) is 1.09. The van der Waals surface area contributed by atoms with Gasteiger partial charge in [-0.05, 0) is 56.7 Å². The fourth-order valence-corrected chi connectivity index (χ4v) is 7.37. The molecule has 0 radical (unpaired) electrons. The molecule has 41 heavy (non-hydrogen) atoms. The minimum atomic E-state index is -2.72. The summed E-state index contributed by atoms with van der Waals surface area (Å²) in [6.45, 7) is 13.2. The van der Waals surface area contributed by atoms with Gasteiger partial charge in [0.1, 0.15) is 17.2 Å². The summed E-state index contributed by atoms with van der Waals surface area (Å²) in [6, 6.07) is 4.73. The molecule has 4 fully saturated rings. The van der Waals surface area contributed by atoms with E-state index in [-0.39, 0.29) is 18.0 Å². The highest BCUT2D eigenvalue weighted by atomic mass is 19.3. The number of piperazine rings is 1. The molecule has 4 saturated heterocycles. The normalized spacial score (nSPS) is 31.1. The van der Waals surface area contributed by atoms with Crippen LogP contribution < -0.4 is 15.1 Å². The van der Waals surface area contributed by atoms with E-state index >= 15 is 0 Å². The zero-order chi connectivity index (χ0) is 28.7. The van der Waals surface area contributed by atoms with Crippen LogP contribution in [-0.4, -0.2) is 97.6 Å². The number of alkyl halides is 2. The van der Waals surface area contributed by atoms with Gasteiger partial charge in [0.05, 0.1) is 12.3 Å². The molecule has 4 aliphatic rings. The van der Waals surface area contributed by atoms with Gasteiger partial charge in [0.25, 0.3) is 6.43 Å². The standard InChI is InChI=1S/C30H43F2N7O2/c1-19-5-8-34-27(30(40-4)7-14-41-18-30)26(19)22-6-11-38(20(2)15-22)24-16-25(36-29(35-24)28(31)32)39-17-23(21(39)3)37-12-9-33-10-13-37/h5,8,16,20-23,28,33H,6-7,9-15,17-18H2,1-4H3/t20-,21-,22+,23-,30-/m1/s1. The van der Waals surface area contributed by atoms with Gasteiger partial charge < -0.3 is 24.6 Å². The van der Waals surface area contributed by atoms with Crippen molar-refractivity contribution in [2.24, 2.45) is 0 Å². The summed E-state index contributed by atoms with van der Waals surface area (Å²) < 4.78 is 39.8. The Morgan fingerprint density at radius 1 is 1.12 bits per heavy atom. The predicted molar refractivity (Wildman–Crippen MR) is 154 cm³/mol. The second-order valence-electron chi connectivity index (χ2n) is 12.1. The first-order valence-electron chi connectivity index (χ1n) is 15.1. The molecule has 1 N–H and O–H groups in total. The first kappa shape index (κ1) is 28.6. The van der Waals surface area contributed by atoms with E-state index in [0.29, 0.717) is 37.4 Å². The minimum Gasteiger partial charge on any atom is -0.378 e. The van der Waals surface area contributed by atoms with Crippen molar-refractivity contribution in [2.45, 2.75) is 76.1 Å². The zero-order valence-electron chi connectivity index (χ0n) is 24.7. The van der Waals surface area contributed by atoms with Crippen molar-refractivity contribution in [3.05, 3.63) is 41.0 Å². The largest absolute Gasteiger partial charge is 0.378 e. The number of nitrogens with zero attached hydrogens (tertiary/aromatic N) is 6. The number of aryl methyl sites for hydroxylation is 1. The highest BCUT2D eigenvalue weighted by Crippen LogP contribution is 2.43. The second-order valence-corrected chi connectivity index (χ2v) is 12.1. The highest BCUT2D eigenvalue weighted by molar-refractivity contribution is 5.55. The van der Waals surface area contributed by atoms with Crippen molar-refractivity contribution in [2.75, 3.05) is 69.4 Å². The average molecular weight is 572 g/mol. The lowest BCUT2D eigenvalue weighted by Crippen LogP contribution is -2.68. The van der Waals surface area contributed by atoms with Gasteiger partial charge in [-0.1, -0.05) is 0 Å². The second kappa shape index (κ2) is 11.7. The van der Waals surface area contributed by atoms with Crippen LogP contribution in [0.3, 0.4) is 0 Å². The summed E-state index contributed by atoms with van der Waals surface area (Å²) >= 11 is 0. The quantitative estimate of drug-likeness (QED) is 0.536. The average Bonchev–Trinajstić information content (AvgIpc) is 3.47. The SMILES string of the molecule is CO[C@]1(c2nccc(C)c2[C@H]2CCN(c3cc(N4C[C@@H](N5CCNCC5)[C@H]4C)nc(C(F)F)n3)[C@H](C)C2)CCOC1. The van der Waals surface area contributed by atoms with Gasteiger partial charge >= 0.3 is 0 Å². The number of hydrogen-bond acceptors (Lipinski definition) is 9. The van der Waals surface area contributed by atoms with E-state index in [1.54, 1.807) is 7.11 Å². The number of methoxy groups -OCH3 is 1. The number of nitrogens with one attached hydrogen (secondary N) is 1. The van der Waals surface area contributed by atoms with Crippen molar-refractivity contribution in [3.63, 3.8) is 0 Å². The molecule has 0 bridgehead atoms. The summed E-state index contributed by atoms with van der Waals surface area (Å²) in [7, 11) is 1.74. The van der Waals surface area contributed by atoms with E-state index in [2.05, 4.69) is 56.8 Å². The Labute approximate surface area is 241 Å². The molecule has 6 heterocycles. The van der Waals surface area contributed by atoms with Crippen LogP contribution in [0.2, 0.25) is 0 Å². The Morgan fingerprint density at radius 2 is 1.88 bits per heavy atom. The molecule has 0 aromatic carbocycles. The molecule has 224 valence electrons. The fraction of sp³-hybridized carbons (Fsp3) is 0.700. The van der Waals surface area contributed by atoms with E-state index in [1.165, 1.54) is 11.1 Å². The van der Waals surface area contributed by atoms with Gasteiger partial charge in [0.2, 0.25) is 0 Å². The van der Waals surface area contributed by atoms with Crippen LogP contribution in [0.25, 0.3) is 0 Å². The molecular weight excluding hydrogens is 528 g/mol. The van der Waals surface area contributed by atoms with E-state index in [9.17, 15) is 8.78 Å². The van der Waals surface area contributed by atoms with Gasteiger partial charge in [-0.2, -0.15) is 0 Å². The Morgan fingerprint density at radius 3 is 2.51 bits per heavy atom. The molecule has 6 rings (SSSR count). The molecule has 5 atom stereocenters. The zero-order valence-corrected chi connectivity index (χ0v) is 24.7. The maximum atomic E-state index is 14.0. The van der Waals surface area contributed by atoms with Gasteiger partial charge in [-0.15, -0.1) is 0 Å². The van der Waals surface area contributed by atoms with Gasteiger partial charge in [0, 0.05) is 89.8 Å². The monoisotopic (exact) mass is 571 g/mol. The molecule has 2 aromatic rings. The van der Waals surface area contributed by atoms with Crippen LogP contribution in [0.15, 0.2) is 18.3 Å². The third-order valence-electron chi connectivity index (χ3n) is 9.85. The summed E-state index contributed by atoms with van der Waals surface area (Å²) in [5.41, 5.74) is 2.92. The third-order valence-corrected chi connectivity index (χ3v) is 9.85. The molecule has 0 spiro atoms. The molecule has 4 aliphatic heterocycles. The van der Waals surface area contributed by atoms with Crippen LogP contribution in [0.1, 0.15) is 68.1 Å². The van der Waals surface area contributed by atoms with Gasteiger partial charge in [-0.3, -0.25) is 9.88 Å².